The molecule has 0 unspecified atom stereocenters. The fraction of sp³-hybridized carbons (Fsp3) is 0.214. The lowest BCUT2D eigenvalue weighted by molar-refractivity contribution is 0.551. The van der Waals surface area contributed by atoms with Crippen LogP contribution < -0.4 is 5.32 Å². The molecule has 0 aliphatic heterocycles. The number of aryl methyl sites for hydroxylation is 1. The summed E-state index contributed by atoms with van der Waals surface area (Å²) < 4.78 is 5.37. The molecular formula is C14H13ClN4O. The lowest BCUT2D eigenvalue weighted by Gasteiger charge is -2.05. The molecule has 2 heterocycles. The Balaban J connectivity index is 1.71. The van der Waals surface area contributed by atoms with Crippen molar-refractivity contribution in [1.82, 2.24) is 15.0 Å². The van der Waals surface area contributed by atoms with E-state index in [2.05, 4.69) is 20.3 Å². The molecule has 3 aromatic rings. The zero-order valence-corrected chi connectivity index (χ0v) is 11.7. The predicted molar refractivity (Wildman–Crippen MR) is 78.0 cm³/mol. The van der Waals surface area contributed by atoms with E-state index in [9.17, 15) is 0 Å². The molecule has 2 aromatic heterocycles. The molecule has 5 nitrogen and oxygen atoms in total. The highest BCUT2D eigenvalue weighted by atomic mass is 35.5. The maximum atomic E-state index is 5.96. The van der Waals surface area contributed by atoms with E-state index in [1.165, 1.54) is 11.9 Å². The minimum absolute atomic E-state index is 0.503. The van der Waals surface area contributed by atoms with E-state index in [0.29, 0.717) is 22.9 Å². The molecule has 1 aromatic carbocycles. The second kappa shape index (κ2) is 5.46. The van der Waals surface area contributed by atoms with Gasteiger partial charge in [0.25, 0.3) is 5.71 Å². The van der Waals surface area contributed by atoms with Crippen molar-refractivity contribution in [2.45, 2.75) is 13.3 Å². The number of rotatable bonds is 4. The maximum Gasteiger partial charge on any atom is 0.252 e. The van der Waals surface area contributed by atoms with E-state index < -0.39 is 0 Å². The van der Waals surface area contributed by atoms with E-state index in [0.717, 1.165) is 18.0 Å². The Hall–Kier alpha value is -2.14. The summed E-state index contributed by atoms with van der Waals surface area (Å²) in [5.74, 6) is 1.27. The maximum absolute atomic E-state index is 5.96. The van der Waals surface area contributed by atoms with Crippen molar-refractivity contribution in [1.29, 1.82) is 0 Å². The van der Waals surface area contributed by atoms with Crippen molar-refractivity contribution in [3.63, 3.8) is 0 Å². The largest absolute Gasteiger partial charge is 0.422 e. The first-order valence-corrected chi connectivity index (χ1v) is 6.66. The Kier molecular flexibility index (Phi) is 3.52. The Morgan fingerprint density at radius 1 is 1.30 bits per heavy atom. The summed E-state index contributed by atoms with van der Waals surface area (Å²) in [5, 5.41) is 4.00. The lowest BCUT2D eigenvalue weighted by Crippen LogP contribution is -2.07. The zero-order chi connectivity index (χ0) is 13.9. The summed E-state index contributed by atoms with van der Waals surface area (Å²) >= 11 is 5.96. The molecule has 6 heteroatoms. The number of anilines is 1. The van der Waals surface area contributed by atoms with Crippen LogP contribution in [0, 0.1) is 6.92 Å². The molecule has 0 amide bonds. The Morgan fingerprint density at radius 3 is 3.05 bits per heavy atom. The minimum atomic E-state index is 0.503. The van der Waals surface area contributed by atoms with Gasteiger partial charge in [-0.2, -0.15) is 4.98 Å². The third kappa shape index (κ3) is 2.72. The second-order valence-corrected chi connectivity index (χ2v) is 4.85. The summed E-state index contributed by atoms with van der Waals surface area (Å²) in [6.07, 6.45) is 2.32. The molecule has 0 aliphatic rings. The van der Waals surface area contributed by atoms with Gasteiger partial charge in [0.05, 0.1) is 0 Å². The van der Waals surface area contributed by atoms with Crippen molar-refractivity contribution < 1.29 is 4.42 Å². The molecule has 0 saturated carbocycles. The van der Waals surface area contributed by atoms with E-state index in [-0.39, 0.29) is 0 Å². The van der Waals surface area contributed by atoms with Crippen LogP contribution in [0.2, 0.25) is 5.02 Å². The zero-order valence-electron chi connectivity index (χ0n) is 10.9. The van der Waals surface area contributed by atoms with Gasteiger partial charge < -0.3 is 9.73 Å². The summed E-state index contributed by atoms with van der Waals surface area (Å²) in [5.41, 5.74) is 2.34. The number of aromatic nitrogens is 3. The summed E-state index contributed by atoms with van der Waals surface area (Å²) in [4.78, 5) is 12.5. The monoisotopic (exact) mass is 288 g/mol. The van der Waals surface area contributed by atoms with Crippen LogP contribution in [-0.4, -0.2) is 21.5 Å². The molecule has 3 rings (SSSR count). The summed E-state index contributed by atoms with van der Waals surface area (Å²) in [6, 6.07) is 7.81. The number of hydrogen-bond acceptors (Lipinski definition) is 5. The fourth-order valence-electron chi connectivity index (χ4n) is 2.01. The molecule has 0 fully saturated rings. The topological polar surface area (TPSA) is 63.8 Å². The van der Waals surface area contributed by atoms with Crippen molar-refractivity contribution in [2.75, 3.05) is 11.9 Å². The van der Waals surface area contributed by atoms with Gasteiger partial charge in [-0.3, -0.25) is 0 Å². The Morgan fingerprint density at radius 2 is 2.20 bits per heavy atom. The van der Waals surface area contributed by atoms with Gasteiger partial charge in [-0.15, -0.1) is 0 Å². The SMILES string of the molecule is Cc1nc2c(NCCc3cccc(Cl)c3)ncnc2o1. The van der Waals surface area contributed by atoms with Crippen LogP contribution in [0.4, 0.5) is 5.82 Å². The number of nitrogens with zero attached hydrogens (tertiary/aromatic N) is 3. The number of oxazole rings is 1. The van der Waals surface area contributed by atoms with Crippen molar-refractivity contribution >= 4 is 28.6 Å². The standard InChI is InChI=1S/C14H13ClN4O/c1-9-19-12-13(17-8-18-14(12)20-9)16-6-5-10-3-2-4-11(15)7-10/h2-4,7-8H,5-6H2,1H3,(H,16,17,18). The van der Waals surface area contributed by atoms with E-state index >= 15 is 0 Å². The molecular weight excluding hydrogens is 276 g/mol. The number of hydrogen-bond donors (Lipinski definition) is 1. The second-order valence-electron chi connectivity index (χ2n) is 4.42. The number of halogens is 1. The Bertz CT molecular complexity index is 741. The first kappa shape index (κ1) is 12.9. The summed E-state index contributed by atoms with van der Waals surface area (Å²) in [6.45, 7) is 2.52. The first-order chi connectivity index (χ1) is 9.72. The number of benzene rings is 1. The average molecular weight is 289 g/mol. The average Bonchev–Trinajstić information content (AvgIpc) is 2.80. The first-order valence-electron chi connectivity index (χ1n) is 6.29. The van der Waals surface area contributed by atoms with Crippen LogP contribution in [0.5, 0.6) is 0 Å². The Labute approximate surface area is 121 Å². The van der Waals surface area contributed by atoms with Gasteiger partial charge in [0, 0.05) is 18.5 Å². The fourth-order valence-corrected chi connectivity index (χ4v) is 2.22. The van der Waals surface area contributed by atoms with Crippen LogP contribution in [-0.2, 0) is 6.42 Å². The molecule has 102 valence electrons. The molecule has 0 atom stereocenters. The highest BCUT2D eigenvalue weighted by molar-refractivity contribution is 6.30. The molecule has 0 radical (unpaired) electrons. The van der Waals surface area contributed by atoms with Crippen molar-refractivity contribution in [3.05, 3.63) is 47.1 Å². The van der Waals surface area contributed by atoms with Gasteiger partial charge in [-0.05, 0) is 24.1 Å². The van der Waals surface area contributed by atoms with Crippen LogP contribution in [0.25, 0.3) is 11.2 Å². The van der Waals surface area contributed by atoms with E-state index in [1.807, 2.05) is 24.3 Å². The number of fused-ring (bicyclic) bond motifs is 1. The summed E-state index contributed by atoms with van der Waals surface area (Å²) in [7, 11) is 0. The van der Waals surface area contributed by atoms with E-state index in [4.69, 9.17) is 16.0 Å². The molecule has 1 N–H and O–H groups in total. The molecule has 0 spiro atoms. The third-order valence-electron chi connectivity index (χ3n) is 2.90. The van der Waals surface area contributed by atoms with Gasteiger partial charge in [-0.25, -0.2) is 9.97 Å². The quantitative estimate of drug-likeness (QED) is 0.798. The minimum Gasteiger partial charge on any atom is -0.422 e. The van der Waals surface area contributed by atoms with Gasteiger partial charge in [-0.1, -0.05) is 23.7 Å². The van der Waals surface area contributed by atoms with Crippen LogP contribution in [0.15, 0.2) is 35.0 Å². The van der Waals surface area contributed by atoms with Crippen LogP contribution in [0.1, 0.15) is 11.5 Å². The van der Waals surface area contributed by atoms with Gasteiger partial charge in [0.1, 0.15) is 6.33 Å². The molecule has 20 heavy (non-hydrogen) atoms. The van der Waals surface area contributed by atoms with Crippen molar-refractivity contribution in [3.8, 4) is 0 Å². The third-order valence-corrected chi connectivity index (χ3v) is 3.13. The highest BCUT2D eigenvalue weighted by Crippen LogP contribution is 2.19. The van der Waals surface area contributed by atoms with Crippen molar-refractivity contribution in [2.24, 2.45) is 0 Å². The van der Waals surface area contributed by atoms with Crippen LogP contribution in [0.3, 0.4) is 0 Å². The molecule has 0 bridgehead atoms. The number of nitrogens with one attached hydrogen (secondary N) is 1. The lowest BCUT2D eigenvalue weighted by atomic mass is 10.1. The van der Waals surface area contributed by atoms with Gasteiger partial charge >= 0.3 is 0 Å². The molecule has 0 aliphatic carbocycles. The predicted octanol–water partition coefficient (Wildman–Crippen LogP) is 3.23. The van der Waals surface area contributed by atoms with Crippen LogP contribution >= 0.6 is 11.6 Å². The van der Waals surface area contributed by atoms with Gasteiger partial charge in [0.2, 0.25) is 0 Å². The normalized spacial score (nSPS) is 10.9. The molecule has 0 saturated heterocycles. The highest BCUT2D eigenvalue weighted by Gasteiger charge is 2.09. The smallest absolute Gasteiger partial charge is 0.252 e. The van der Waals surface area contributed by atoms with E-state index in [1.54, 1.807) is 6.92 Å². The van der Waals surface area contributed by atoms with Gasteiger partial charge in [0.15, 0.2) is 17.2 Å².